The van der Waals surface area contributed by atoms with Crippen molar-refractivity contribution in [1.29, 1.82) is 0 Å². The second-order valence-electron chi connectivity index (χ2n) is 5.45. The first-order chi connectivity index (χ1) is 11.0. The summed E-state index contributed by atoms with van der Waals surface area (Å²) < 4.78 is 39.4. The van der Waals surface area contributed by atoms with Gasteiger partial charge in [0, 0.05) is 30.8 Å². The fourth-order valence-electron chi connectivity index (χ4n) is 2.52. The van der Waals surface area contributed by atoms with Gasteiger partial charge in [-0.15, -0.1) is 0 Å². The standard InChI is InChI=1S/C18H14F3NO/c19-15-9-14(10-16(20)17(15)21)18(23)13-5-3-12(4-6-13)11-22-7-1-2-8-22/h1-6,9-10H,7-8,11H2. The van der Waals surface area contributed by atoms with Gasteiger partial charge in [-0.2, -0.15) is 0 Å². The molecule has 0 saturated carbocycles. The van der Waals surface area contributed by atoms with Crippen LogP contribution in [0.3, 0.4) is 0 Å². The second kappa shape index (κ2) is 6.38. The molecule has 1 aliphatic heterocycles. The minimum atomic E-state index is -1.57. The van der Waals surface area contributed by atoms with E-state index in [1.165, 1.54) is 0 Å². The summed E-state index contributed by atoms with van der Waals surface area (Å²) in [7, 11) is 0. The first kappa shape index (κ1) is 15.5. The Kier molecular flexibility index (Phi) is 4.30. The van der Waals surface area contributed by atoms with Gasteiger partial charge in [0.05, 0.1) is 0 Å². The number of nitrogens with zero attached hydrogens (tertiary/aromatic N) is 1. The Labute approximate surface area is 131 Å². The highest BCUT2D eigenvalue weighted by molar-refractivity contribution is 6.09. The van der Waals surface area contributed by atoms with Gasteiger partial charge in [-0.3, -0.25) is 9.69 Å². The van der Waals surface area contributed by atoms with Crippen LogP contribution in [0, 0.1) is 17.5 Å². The van der Waals surface area contributed by atoms with Crippen molar-refractivity contribution in [2.24, 2.45) is 0 Å². The number of halogens is 3. The Bertz CT molecular complexity index is 737. The lowest BCUT2D eigenvalue weighted by atomic mass is 10.0. The molecular weight excluding hydrogens is 303 g/mol. The summed E-state index contributed by atoms with van der Waals surface area (Å²) >= 11 is 0. The van der Waals surface area contributed by atoms with Crippen LogP contribution < -0.4 is 0 Å². The molecule has 1 heterocycles. The van der Waals surface area contributed by atoms with E-state index in [0.29, 0.717) is 17.7 Å². The van der Waals surface area contributed by atoms with E-state index in [1.807, 2.05) is 12.1 Å². The molecule has 1 aliphatic rings. The van der Waals surface area contributed by atoms with Crippen molar-refractivity contribution in [3.63, 3.8) is 0 Å². The summed E-state index contributed by atoms with van der Waals surface area (Å²) in [4.78, 5) is 14.5. The molecule has 2 nitrogen and oxygen atoms in total. The summed E-state index contributed by atoms with van der Waals surface area (Å²) in [6.45, 7) is 2.56. The number of hydrogen-bond donors (Lipinski definition) is 0. The second-order valence-corrected chi connectivity index (χ2v) is 5.45. The zero-order valence-corrected chi connectivity index (χ0v) is 12.2. The molecule has 0 aromatic heterocycles. The predicted molar refractivity (Wildman–Crippen MR) is 80.6 cm³/mol. The maximum atomic E-state index is 13.2. The monoisotopic (exact) mass is 317 g/mol. The fourth-order valence-corrected chi connectivity index (χ4v) is 2.52. The molecule has 0 unspecified atom stereocenters. The number of benzene rings is 2. The van der Waals surface area contributed by atoms with Crippen LogP contribution in [0.15, 0.2) is 48.6 Å². The third-order valence-electron chi connectivity index (χ3n) is 3.76. The molecule has 3 rings (SSSR count). The molecule has 0 bridgehead atoms. The summed E-state index contributed by atoms with van der Waals surface area (Å²) in [6.07, 6.45) is 4.19. The number of carbonyl (C=O) groups excluding carboxylic acids is 1. The lowest BCUT2D eigenvalue weighted by molar-refractivity contribution is 0.103. The first-order valence-electron chi connectivity index (χ1n) is 7.20. The number of rotatable bonds is 4. The molecule has 0 saturated heterocycles. The van der Waals surface area contributed by atoms with Crippen LogP contribution in [0.2, 0.25) is 0 Å². The van der Waals surface area contributed by atoms with Crippen molar-refractivity contribution in [3.05, 3.63) is 82.7 Å². The molecule has 0 amide bonds. The van der Waals surface area contributed by atoms with Crippen LogP contribution in [0.5, 0.6) is 0 Å². The maximum absolute atomic E-state index is 13.2. The fraction of sp³-hybridized carbons (Fsp3) is 0.167. The van der Waals surface area contributed by atoms with Crippen LogP contribution in [-0.4, -0.2) is 23.8 Å². The highest BCUT2D eigenvalue weighted by Crippen LogP contribution is 2.18. The Hall–Kier alpha value is -2.40. The van der Waals surface area contributed by atoms with Crippen molar-refractivity contribution in [2.45, 2.75) is 6.54 Å². The van der Waals surface area contributed by atoms with E-state index >= 15 is 0 Å². The number of ketones is 1. The van der Waals surface area contributed by atoms with Gasteiger partial charge in [-0.25, -0.2) is 13.2 Å². The van der Waals surface area contributed by atoms with Crippen molar-refractivity contribution >= 4 is 5.78 Å². The molecule has 0 aliphatic carbocycles. The van der Waals surface area contributed by atoms with Crippen LogP contribution in [-0.2, 0) is 6.54 Å². The van der Waals surface area contributed by atoms with Gasteiger partial charge in [-0.1, -0.05) is 36.4 Å². The van der Waals surface area contributed by atoms with E-state index < -0.39 is 23.2 Å². The third-order valence-corrected chi connectivity index (χ3v) is 3.76. The van der Waals surface area contributed by atoms with Crippen LogP contribution >= 0.6 is 0 Å². The van der Waals surface area contributed by atoms with Crippen molar-refractivity contribution in [3.8, 4) is 0 Å². The lowest BCUT2D eigenvalue weighted by Gasteiger charge is -2.14. The zero-order chi connectivity index (χ0) is 16.4. The average Bonchev–Trinajstić information content (AvgIpc) is 3.05. The highest BCUT2D eigenvalue weighted by atomic mass is 19.2. The minimum absolute atomic E-state index is 0.210. The van der Waals surface area contributed by atoms with E-state index in [1.54, 1.807) is 12.1 Å². The third kappa shape index (κ3) is 3.35. The molecule has 0 spiro atoms. The molecule has 0 atom stereocenters. The van der Waals surface area contributed by atoms with Crippen molar-refractivity contribution in [1.82, 2.24) is 4.90 Å². The topological polar surface area (TPSA) is 20.3 Å². The van der Waals surface area contributed by atoms with Crippen LogP contribution in [0.4, 0.5) is 13.2 Å². The summed E-state index contributed by atoms with van der Waals surface area (Å²) in [5.74, 6) is -4.86. The van der Waals surface area contributed by atoms with Crippen molar-refractivity contribution in [2.75, 3.05) is 13.1 Å². The Morgan fingerprint density at radius 2 is 1.48 bits per heavy atom. The van der Waals surface area contributed by atoms with E-state index in [9.17, 15) is 18.0 Å². The van der Waals surface area contributed by atoms with E-state index in [-0.39, 0.29) is 5.56 Å². The summed E-state index contributed by atoms with van der Waals surface area (Å²) in [5.41, 5.74) is 1.14. The predicted octanol–water partition coefficient (Wildman–Crippen LogP) is 3.71. The van der Waals surface area contributed by atoms with E-state index in [2.05, 4.69) is 17.1 Å². The molecule has 0 fully saturated rings. The Balaban J connectivity index is 1.77. The average molecular weight is 317 g/mol. The lowest BCUT2D eigenvalue weighted by Crippen LogP contribution is -2.19. The molecule has 5 heteroatoms. The zero-order valence-electron chi connectivity index (χ0n) is 12.2. The van der Waals surface area contributed by atoms with E-state index in [4.69, 9.17) is 0 Å². The van der Waals surface area contributed by atoms with Gasteiger partial charge in [0.1, 0.15) is 0 Å². The molecule has 118 valence electrons. The van der Waals surface area contributed by atoms with Gasteiger partial charge in [0.15, 0.2) is 23.2 Å². The molecule has 2 aromatic carbocycles. The molecule has 0 N–H and O–H groups in total. The molecule has 23 heavy (non-hydrogen) atoms. The van der Waals surface area contributed by atoms with Gasteiger partial charge >= 0.3 is 0 Å². The normalized spacial score (nSPS) is 14.4. The molecular formula is C18H14F3NO. The maximum Gasteiger partial charge on any atom is 0.194 e. The summed E-state index contributed by atoms with van der Waals surface area (Å²) in [5, 5.41) is 0. The minimum Gasteiger partial charge on any atom is -0.292 e. The molecule has 2 aromatic rings. The first-order valence-corrected chi connectivity index (χ1v) is 7.20. The summed E-state index contributed by atoms with van der Waals surface area (Å²) in [6, 6.07) is 8.26. The van der Waals surface area contributed by atoms with Gasteiger partial charge in [0.25, 0.3) is 0 Å². The van der Waals surface area contributed by atoms with Gasteiger partial charge in [0.2, 0.25) is 0 Å². The quantitative estimate of drug-likeness (QED) is 0.487. The van der Waals surface area contributed by atoms with E-state index in [0.717, 1.165) is 25.2 Å². The number of hydrogen-bond acceptors (Lipinski definition) is 2. The van der Waals surface area contributed by atoms with Gasteiger partial charge in [-0.05, 0) is 17.7 Å². The smallest absolute Gasteiger partial charge is 0.194 e. The largest absolute Gasteiger partial charge is 0.292 e. The van der Waals surface area contributed by atoms with Gasteiger partial charge < -0.3 is 0 Å². The SMILES string of the molecule is O=C(c1ccc(CN2CC=CC2)cc1)c1cc(F)c(F)c(F)c1. The Morgan fingerprint density at radius 3 is 2.04 bits per heavy atom. The molecule has 0 radical (unpaired) electrons. The van der Waals surface area contributed by atoms with Crippen LogP contribution in [0.25, 0.3) is 0 Å². The Morgan fingerprint density at radius 1 is 0.913 bits per heavy atom. The van der Waals surface area contributed by atoms with Crippen molar-refractivity contribution < 1.29 is 18.0 Å². The number of carbonyl (C=O) groups is 1. The van der Waals surface area contributed by atoms with Crippen LogP contribution in [0.1, 0.15) is 21.5 Å². The highest BCUT2D eigenvalue weighted by Gasteiger charge is 2.16.